The number of esters is 2. The summed E-state index contributed by atoms with van der Waals surface area (Å²) < 4.78 is 25.0. The zero-order chi connectivity index (χ0) is 50.1. The fraction of sp³-hybridized carbons (Fsp3) is 0.267. The van der Waals surface area contributed by atoms with Crippen LogP contribution in [0.25, 0.3) is 55.0 Å². The summed E-state index contributed by atoms with van der Waals surface area (Å²) >= 11 is 0. The zero-order valence-electron chi connectivity index (χ0n) is 41.6. The maximum atomic E-state index is 14.7. The lowest BCUT2D eigenvalue weighted by Crippen LogP contribution is -2.18. The summed E-state index contributed by atoms with van der Waals surface area (Å²) in [6, 6.07) is 34.1. The van der Waals surface area contributed by atoms with E-state index in [4.69, 9.17) is 9.47 Å². The van der Waals surface area contributed by atoms with Crippen LogP contribution in [0.1, 0.15) is 83.2 Å². The molecule has 0 radical (unpaired) electrons. The summed E-state index contributed by atoms with van der Waals surface area (Å²) in [5.41, 5.74) is 8.22. The van der Waals surface area contributed by atoms with Crippen molar-refractivity contribution in [2.75, 3.05) is 13.2 Å². The highest BCUT2D eigenvalue weighted by Crippen LogP contribution is 2.40. The number of carbonyl (C=O) groups is 2. The molecule has 11 aromatic rings. The van der Waals surface area contributed by atoms with Gasteiger partial charge in [-0.2, -0.15) is 0 Å². The van der Waals surface area contributed by atoms with Gasteiger partial charge < -0.3 is 36.9 Å². The Labute approximate surface area is 429 Å². The normalized spacial score (nSPS) is 11.7. The largest absolute Gasteiger partial charge is 0.462 e. The molecule has 14 heteroatoms. The van der Waals surface area contributed by atoms with Gasteiger partial charge in [-0.1, -0.05) is 48.5 Å². The number of hydrogen-bond donors (Lipinski definition) is 0. The summed E-state index contributed by atoms with van der Waals surface area (Å²) in [5, 5.41) is 4.41. The first-order valence-electron chi connectivity index (χ1n) is 26.0. The molecule has 0 saturated carbocycles. The number of hydrogen-bond acceptors (Lipinski definition) is 8. The van der Waals surface area contributed by atoms with E-state index in [2.05, 4.69) is 123 Å². The summed E-state index contributed by atoms with van der Waals surface area (Å²) in [6.45, 7) is 3.73. The first-order valence-corrected chi connectivity index (χ1v) is 26.0. The quantitative estimate of drug-likeness (QED) is 0.0432. The molecule has 374 valence electrons. The van der Waals surface area contributed by atoms with Crippen molar-refractivity contribution in [1.29, 1.82) is 0 Å². The number of imidazole rings is 4. The van der Waals surface area contributed by atoms with Crippen LogP contribution < -0.4 is 0 Å². The predicted octanol–water partition coefficient (Wildman–Crippen LogP) is 12.0. The van der Waals surface area contributed by atoms with Gasteiger partial charge >= 0.3 is 11.9 Å². The Balaban J connectivity index is 1.02. The Kier molecular flexibility index (Phi) is 14.5. The van der Waals surface area contributed by atoms with E-state index in [1.165, 1.54) is 11.1 Å². The average molecular weight is 985 g/mol. The molecule has 14 nitrogen and oxygen atoms in total. The third-order valence-corrected chi connectivity index (χ3v) is 14.1. The molecule has 5 aromatic carbocycles. The van der Waals surface area contributed by atoms with E-state index in [1.807, 2.05) is 71.1 Å². The van der Waals surface area contributed by atoms with Crippen molar-refractivity contribution in [3.8, 4) is 11.4 Å². The molecule has 0 bridgehead atoms. The summed E-state index contributed by atoms with van der Waals surface area (Å²) in [6.07, 6.45) is 31.2. The molecule has 74 heavy (non-hydrogen) atoms. The van der Waals surface area contributed by atoms with Crippen LogP contribution in [0, 0.1) is 0 Å². The fourth-order valence-corrected chi connectivity index (χ4v) is 10.3. The van der Waals surface area contributed by atoms with Gasteiger partial charge in [0.05, 0.1) is 83.1 Å². The second kappa shape index (κ2) is 22.5. The predicted molar refractivity (Wildman–Crippen MR) is 289 cm³/mol. The van der Waals surface area contributed by atoms with E-state index in [0.717, 1.165) is 133 Å². The monoisotopic (exact) mass is 984 g/mol. The Morgan fingerprint density at radius 1 is 0.392 bits per heavy atom. The van der Waals surface area contributed by atoms with Crippen LogP contribution >= 0.6 is 0 Å². The first kappa shape index (κ1) is 47.8. The summed E-state index contributed by atoms with van der Waals surface area (Å²) in [7, 11) is 0. The van der Waals surface area contributed by atoms with Gasteiger partial charge in [-0.25, -0.2) is 29.5 Å². The lowest BCUT2D eigenvalue weighted by molar-refractivity contribution is 0.0450. The Hall–Kier alpha value is -8.52. The lowest BCUT2D eigenvalue weighted by atomic mass is 10.0. The number of carbonyl (C=O) groups excluding carboxylic acids is 2. The van der Waals surface area contributed by atoms with Gasteiger partial charge in [0, 0.05) is 97.3 Å². The molecule has 6 heterocycles. The van der Waals surface area contributed by atoms with Crippen LogP contribution in [0.2, 0.25) is 0 Å². The topological polar surface area (TPSA) is 134 Å². The molecule has 0 N–H and O–H groups in total. The van der Waals surface area contributed by atoms with Crippen molar-refractivity contribution in [2.45, 2.75) is 90.4 Å². The molecule has 0 fully saturated rings. The van der Waals surface area contributed by atoms with Gasteiger partial charge in [0.1, 0.15) is 0 Å². The Bertz CT molecular complexity index is 3390. The van der Waals surface area contributed by atoms with E-state index in [1.54, 1.807) is 25.0 Å². The Morgan fingerprint density at radius 2 is 0.757 bits per heavy atom. The molecule has 0 aliphatic carbocycles. The molecule has 0 saturated heterocycles. The number of rotatable bonds is 24. The van der Waals surface area contributed by atoms with Crippen molar-refractivity contribution in [2.24, 2.45) is 0 Å². The van der Waals surface area contributed by atoms with Crippen LogP contribution in [0.3, 0.4) is 0 Å². The third kappa shape index (κ3) is 10.5. The highest BCUT2D eigenvalue weighted by Gasteiger charge is 2.28. The maximum absolute atomic E-state index is 14.7. The first-order chi connectivity index (χ1) is 36.6. The number of ether oxygens (including phenoxy) is 2. The van der Waals surface area contributed by atoms with Gasteiger partial charge in [-0.3, -0.25) is 0 Å². The number of para-hydroxylation sites is 2. The van der Waals surface area contributed by atoms with Gasteiger partial charge in [0.15, 0.2) is 0 Å². The highest BCUT2D eigenvalue weighted by molar-refractivity contribution is 6.13. The number of fused-ring (bicyclic) bond motifs is 6. The van der Waals surface area contributed by atoms with Crippen molar-refractivity contribution in [1.82, 2.24) is 47.3 Å². The number of benzene rings is 5. The molecule has 6 aromatic heterocycles. The molecule has 0 aliphatic rings. The highest BCUT2D eigenvalue weighted by atomic mass is 16.5. The van der Waals surface area contributed by atoms with Gasteiger partial charge in [-0.15, -0.1) is 0 Å². The number of aromatic nitrogens is 10. The van der Waals surface area contributed by atoms with Crippen molar-refractivity contribution in [3.05, 3.63) is 194 Å². The van der Waals surface area contributed by atoms with Crippen molar-refractivity contribution < 1.29 is 19.1 Å². The van der Waals surface area contributed by atoms with Crippen LogP contribution in [-0.4, -0.2) is 72.5 Å². The molecular weight excluding hydrogens is 925 g/mol. The van der Waals surface area contributed by atoms with Gasteiger partial charge in [0.25, 0.3) is 0 Å². The zero-order valence-corrected chi connectivity index (χ0v) is 41.6. The maximum Gasteiger partial charge on any atom is 0.339 e. The van der Waals surface area contributed by atoms with Crippen molar-refractivity contribution >= 4 is 55.6 Å². The smallest absolute Gasteiger partial charge is 0.339 e. The summed E-state index contributed by atoms with van der Waals surface area (Å²) in [5.74, 6) is -1.16. The van der Waals surface area contributed by atoms with E-state index >= 15 is 0 Å². The molecular formula is C60H60N10O4. The molecule has 0 amide bonds. The molecule has 0 spiro atoms. The minimum Gasteiger partial charge on any atom is -0.462 e. The summed E-state index contributed by atoms with van der Waals surface area (Å²) in [4.78, 5) is 46.2. The average Bonchev–Trinajstić information content (AvgIpc) is 4.32. The van der Waals surface area contributed by atoms with Gasteiger partial charge in [-0.05, 0) is 124 Å². The van der Waals surface area contributed by atoms with E-state index in [9.17, 15) is 9.59 Å². The number of unbranched alkanes of at least 4 members (excludes halogenated alkanes) is 4. The van der Waals surface area contributed by atoms with Crippen LogP contribution in [-0.2, 0) is 48.5 Å². The van der Waals surface area contributed by atoms with Gasteiger partial charge in [0.2, 0.25) is 0 Å². The number of aryl methyl sites for hydroxylation is 6. The Morgan fingerprint density at radius 3 is 1.14 bits per heavy atom. The van der Waals surface area contributed by atoms with Crippen LogP contribution in [0.5, 0.6) is 0 Å². The van der Waals surface area contributed by atoms with Crippen molar-refractivity contribution in [3.63, 3.8) is 0 Å². The molecule has 0 unspecified atom stereocenters. The van der Waals surface area contributed by atoms with E-state index < -0.39 is 11.9 Å². The third-order valence-electron chi connectivity index (χ3n) is 14.1. The second-order valence-electron chi connectivity index (χ2n) is 19.1. The minimum atomic E-state index is -0.578. The SMILES string of the molecule is O=C(OCCCCn1ccnc1)c1cc(-n2c3ccccc3c3cc(CCCCn4ccnc4)ccc32)c(-n2c3ccccc3c3cc(CCCCn4ccnc4)ccc32)cc1C(=O)OCCCCn1ccnc1. The second-order valence-corrected chi connectivity index (χ2v) is 19.1. The molecule has 0 aliphatic heterocycles. The molecule has 11 rings (SSSR count). The minimum absolute atomic E-state index is 0.154. The van der Waals surface area contributed by atoms with Crippen LogP contribution in [0.4, 0.5) is 0 Å². The number of nitrogens with zero attached hydrogens (tertiary/aromatic N) is 10. The van der Waals surface area contributed by atoms with Crippen LogP contribution in [0.15, 0.2) is 172 Å². The van der Waals surface area contributed by atoms with E-state index in [0.29, 0.717) is 12.8 Å². The van der Waals surface area contributed by atoms with E-state index in [-0.39, 0.29) is 24.3 Å². The standard InChI is InChI=1S/C60H60N10O4/c71-59(73-35-11-9-29-67-33-25-63-43-67)51-39-57(69-53-17-3-1-15-47(53)49-37-45(19-21-55(49)69)13-5-7-27-65-31-23-61-41-65)58(40-52(51)60(72)74-36-12-10-30-68-34-26-64-44-68)70-54-18-4-2-16-48(54)50-38-46(20-22-56(50)70)14-6-8-28-66-32-24-62-42-66/h1-4,15-26,31-34,37-44H,5-14,27-30,35-36H2. The molecule has 0 atom stereocenters. The lowest BCUT2D eigenvalue weighted by Gasteiger charge is -2.20. The fourth-order valence-electron chi connectivity index (χ4n) is 10.3.